The van der Waals surface area contributed by atoms with Crippen molar-refractivity contribution in [2.45, 2.75) is 19.4 Å². The summed E-state index contributed by atoms with van der Waals surface area (Å²) < 4.78 is 10.8. The van der Waals surface area contributed by atoms with Gasteiger partial charge in [0.05, 0.1) is 4.91 Å². The Morgan fingerprint density at radius 3 is 2.91 bits per heavy atom. The van der Waals surface area contributed by atoms with Crippen LogP contribution in [0.15, 0.2) is 23.1 Å². The Labute approximate surface area is 142 Å². The third-order valence-electron chi connectivity index (χ3n) is 3.50. The highest BCUT2D eigenvalue weighted by Gasteiger charge is 2.39. The number of nitrogens with zero attached hydrogens (tertiary/aromatic N) is 1. The second-order valence-electron chi connectivity index (χ2n) is 4.93. The Bertz CT molecular complexity index is 731. The molecule has 0 spiro atoms. The zero-order chi connectivity index (χ0) is 16.6. The molecule has 1 atom stereocenters. The second kappa shape index (κ2) is 6.21. The molecule has 3 rings (SSSR count). The average Bonchev–Trinajstić information content (AvgIpc) is 3.07. The zero-order valence-corrected chi connectivity index (χ0v) is 13.8. The summed E-state index contributed by atoms with van der Waals surface area (Å²) in [4.78, 5) is 25.3. The minimum Gasteiger partial charge on any atom is -0.480 e. The summed E-state index contributed by atoms with van der Waals surface area (Å²) in [5, 5.41) is 9.24. The fraction of sp³-hybridized carbons (Fsp3) is 0.267. The van der Waals surface area contributed by atoms with Crippen molar-refractivity contribution in [1.29, 1.82) is 0 Å². The molecule has 1 fully saturated rings. The molecular formula is C15H13NO5S2. The molecule has 8 heteroatoms. The number of rotatable bonds is 4. The van der Waals surface area contributed by atoms with E-state index in [-0.39, 0.29) is 17.0 Å². The standard InChI is InChI=1S/C15H13NO5S2/c1-2-9(14(18)19)16-13(17)12(23-15(16)22)6-8-3-4-10-11(5-8)21-7-20-10/h3-6,9H,2,7H2,1H3,(H,18,19)/b12-6-. The van der Waals surface area contributed by atoms with Crippen molar-refractivity contribution in [3.63, 3.8) is 0 Å². The molecule has 0 aromatic heterocycles. The first-order chi connectivity index (χ1) is 11.0. The van der Waals surface area contributed by atoms with Gasteiger partial charge in [0.15, 0.2) is 11.5 Å². The lowest BCUT2D eigenvalue weighted by molar-refractivity contribution is -0.145. The van der Waals surface area contributed by atoms with Gasteiger partial charge in [-0.2, -0.15) is 0 Å². The van der Waals surface area contributed by atoms with Gasteiger partial charge in [0.2, 0.25) is 6.79 Å². The van der Waals surface area contributed by atoms with Crippen LogP contribution in [0, 0.1) is 0 Å². The first-order valence-corrected chi connectivity index (χ1v) is 8.13. The number of benzene rings is 1. The predicted molar refractivity (Wildman–Crippen MR) is 89.3 cm³/mol. The number of thiocarbonyl (C=S) groups is 1. The maximum absolute atomic E-state index is 12.5. The van der Waals surface area contributed by atoms with Crippen LogP contribution in [0.4, 0.5) is 0 Å². The molecule has 1 saturated heterocycles. The van der Waals surface area contributed by atoms with E-state index in [0.29, 0.717) is 22.8 Å². The normalized spacial score (nSPS) is 19.5. The monoisotopic (exact) mass is 351 g/mol. The fourth-order valence-electron chi connectivity index (χ4n) is 2.37. The Hall–Kier alpha value is -2.06. The number of carboxylic acid groups (broad SMARTS) is 1. The van der Waals surface area contributed by atoms with Crippen LogP contribution in [0.2, 0.25) is 0 Å². The maximum Gasteiger partial charge on any atom is 0.326 e. The Balaban J connectivity index is 1.88. The van der Waals surface area contributed by atoms with E-state index in [4.69, 9.17) is 21.7 Å². The lowest BCUT2D eigenvalue weighted by atomic mass is 10.1. The van der Waals surface area contributed by atoms with E-state index < -0.39 is 12.0 Å². The average molecular weight is 351 g/mol. The summed E-state index contributed by atoms with van der Waals surface area (Å²) >= 11 is 6.28. The molecule has 1 N–H and O–H groups in total. The van der Waals surface area contributed by atoms with Gasteiger partial charge in [-0.3, -0.25) is 9.69 Å². The lowest BCUT2D eigenvalue weighted by Crippen LogP contribution is -2.43. The maximum atomic E-state index is 12.5. The minimum atomic E-state index is -1.06. The molecule has 6 nitrogen and oxygen atoms in total. The van der Waals surface area contributed by atoms with Gasteiger partial charge in [-0.1, -0.05) is 37.0 Å². The van der Waals surface area contributed by atoms with Crippen LogP contribution >= 0.6 is 24.0 Å². The smallest absolute Gasteiger partial charge is 0.326 e. The van der Waals surface area contributed by atoms with Gasteiger partial charge in [0, 0.05) is 0 Å². The summed E-state index contributed by atoms with van der Waals surface area (Å²) in [6.45, 7) is 1.89. The third kappa shape index (κ3) is 2.91. The molecule has 0 bridgehead atoms. The number of hydrogen-bond donors (Lipinski definition) is 1. The van der Waals surface area contributed by atoms with Crippen LogP contribution in [-0.4, -0.2) is 39.0 Å². The van der Waals surface area contributed by atoms with E-state index in [9.17, 15) is 14.7 Å². The Morgan fingerprint density at radius 2 is 2.22 bits per heavy atom. The van der Waals surface area contributed by atoms with E-state index in [1.165, 1.54) is 4.90 Å². The SMILES string of the molecule is CCC(C(=O)O)N1C(=O)/C(=C/c2ccc3c(c2)OCO3)SC1=S. The summed E-state index contributed by atoms with van der Waals surface area (Å²) in [6, 6.07) is 4.39. The van der Waals surface area contributed by atoms with E-state index in [1.807, 2.05) is 0 Å². The third-order valence-corrected chi connectivity index (χ3v) is 4.83. The van der Waals surface area contributed by atoms with Crippen molar-refractivity contribution < 1.29 is 24.2 Å². The zero-order valence-electron chi connectivity index (χ0n) is 12.1. The van der Waals surface area contributed by atoms with Crippen LogP contribution in [0.3, 0.4) is 0 Å². The summed E-state index contributed by atoms with van der Waals surface area (Å²) in [5.41, 5.74) is 0.762. The number of hydrogen-bond acceptors (Lipinski definition) is 6. The van der Waals surface area contributed by atoms with Crippen molar-refractivity contribution in [1.82, 2.24) is 4.90 Å². The molecule has 0 saturated carbocycles. The number of carboxylic acids is 1. The number of carbonyl (C=O) groups excluding carboxylic acids is 1. The van der Waals surface area contributed by atoms with Crippen molar-refractivity contribution in [2.24, 2.45) is 0 Å². The molecule has 1 unspecified atom stereocenters. The molecule has 1 aromatic rings. The quantitative estimate of drug-likeness (QED) is 0.660. The lowest BCUT2D eigenvalue weighted by Gasteiger charge is -2.21. The van der Waals surface area contributed by atoms with Crippen molar-refractivity contribution >= 4 is 46.3 Å². The number of fused-ring (bicyclic) bond motifs is 1. The second-order valence-corrected chi connectivity index (χ2v) is 6.60. The largest absolute Gasteiger partial charge is 0.480 e. The predicted octanol–water partition coefficient (Wildman–Crippen LogP) is 2.48. The van der Waals surface area contributed by atoms with Gasteiger partial charge in [-0.05, 0) is 30.2 Å². The molecule has 1 amide bonds. The van der Waals surface area contributed by atoms with Crippen molar-refractivity contribution in [3.05, 3.63) is 28.7 Å². The molecule has 2 heterocycles. The van der Waals surface area contributed by atoms with Gasteiger partial charge < -0.3 is 14.6 Å². The molecule has 0 radical (unpaired) electrons. The van der Waals surface area contributed by atoms with E-state index in [2.05, 4.69) is 0 Å². The highest BCUT2D eigenvalue weighted by Crippen LogP contribution is 2.37. The number of thioether (sulfide) groups is 1. The molecular weight excluding hydrogens is 338 g/mol. The summed E-state index contributed by atoms with van der Waals surface area (Å²) in [6.07, 6.45) is 1.97. The molecule has 23 heavy (non-hydrogen) atoms. The highest BCUT2D eigenvalue weighted by atomic mass is 32.2. The number of amides is 1. The molecule has 2 aliphatic heterocycles. The van der Waals surface area contributed by atoms with Gasteiger partial charge in [0.1, 0.15) is 10.4 Å². The van der Waals surface area contributed by atoms with Crippen LogP contribution in [0.1, 0.15) is 18.9 Å². The van der Waals surface area contributed by atoms with Gasteiger partial charge in [-0.25, -0.2) is 4.79 Å². The van der Waals surface area contributed by atoms with E-state index >= 15 is 0 Å². The molecule has 2 aliphatic rings. The van der Waals surface area contributed by atoms with Crippen molar-refractivity contribution in [3.8, 4) is 11.5 Å². The number of carbonyl (C=O) groups is 2. The van der Waals surface area contributed by atoms with Crippen molar-refractivity contribution in [2.75, 3.05) is 6.79 Å². The Kier molecular flexibility index (Phi) is 4.27. The Morgan fingerprint density at radius 1 is 1.48 bits per heavy atom. The minimum absolute atomic E-state index is 0.178. The van der Waals surface area contributed by atoms with E-state index in [1.54, 1.807) is 31.2 Å². The van der Waals surface area contributed by atoms with E-state index in [0.717, 1.165) is 17.3 Å². The summed E-state index contributed by atoms with van der Waals surface area (Å²) in [7, 11) is 0. The van der Waals surface area contributed by atoms with Crippen LogP contribution in [-0.2, 0) is 9.59 Å². The number of ether oxygens (including phenoxy) is 2. The first kappa shape index (κ1) is 15.8. The molecule has 120 valence electrons. The highest BCUT2D eigenvalue weighted by molar-refractivity contribution is 8.26. The fourth-order valence-corrected chi connectivity index (χ4v) is 3.73. The first-order valence-electron chi connectivity index (χ1n) is 6.90. The van der Waals surface area contributed by atoms with Gasteiger partial charge in [0.25, 0.3) is 5.91 Å². The van der Waals surface area contributed by atoms with Gasteiger partial charge >= 0.3 is 5.97 Å². The molecule has 0 aliphatic carbocycles. The molecule has 1 aromatic carbocycles. The topological polar surface area (TPSA) is 76.1 Å². The van der Waals surface area contributed by atoms with Crippen LogP contribution < -0.4 is 9.47 Å². The number of aliphatic carboxylic acids is 1. The van der Waals surface area contributed by atoms with Crippen LogP contribution in [0.25, 0.3) is 6.08 Å². The summed E-state index contributed by atoms with van der Waals surface area (Å²) in [5.74, 6) is -0.169. The van der Waals surface area contributed by atoms with Crippen LogP contribution in [0.5, 0.6) is 11.5 Å². The van der Waals surface area contributed by atoms with Gasteiger partial charge in [-0.15, -0.1) is 0 Å².